The molecule has 0 unspecified atom stereocenters. The summed E-state index contributed by atoms with van der Waals surface area (Å²) in [6.07, 6.45) is 1.31. The molecule has 0 aliphatic carbocycles. The Kier molecular flexibility index (Phi) is 4.70. The first-order valence-corrected chi connectivity index (χ1v) is 7.65. The van der Waals surface area contributed by atoms with Crippen molar-refractivity contribution in [2.75, 3.05) is 6.54 Å². The van der Waals surface area contributed by atoms with Crippen LogP contribution in [0.5, 0.6) is 0 Å². The molecule has 0 aliphatic heterocycles. The minimum atomic E-state index is -3.70. The zero-order chi connectivity index (χ0) is 15.3. The number of aromatic amines is 1. The van der Waals surface area contributed by atoms with E-state index in [1.807, 2.05) is 6.92 Å². The van der Waals surface area contributed by atoms with E-state index in [1.54, 1.807) is 12.1 Å². The van der Waals surface area contributed by atoms with Gasteiger partial charge >= 0.3 is 0 Å². The van der Waals surface area contributed by atoms with Crippen molar-refractivity contribution >= 4 is 10.0 Å². The van der Waals surface area contributed by atoms with Crippen LogP contribution in [0.25, 0.3) is 0 Å². The molecule has 2 rings (SSSR count). The van der Waals surface area contributed by atoms with E-state index in [1.165, 1.54) is 12.4 Å². The second kappa shape index (κ2) is 6.49. The van der Waals surface area contributed by atoms with E-state index in [4.69, 9.17) is 5.73 Å². The third-order valence-corrected chi connectivity index (χ3v) is 4.10. The maximum Gasteiger partial charge on any atom is 0.242 e. The third kappa shape index (κ3) is 3.88. The largest absolute Gasteiger partial charge is 0.320 e. The minimum Gasteiger partial charge on any atom is -0.320 e. The molecule has 4 N–H and O–H groups in total. The Balaban J connectivity index is 2.30. The Morgan fingerprint density at radius 3 is 2.90 bits per heavy atom. The lowest BCUT2D eigenvalue weighted by Crippen LogP contribution is -2.24. The van der Waals surface area contributed by atoms with Gasteiger partial charge in [0.2, 0.25) is 10.0 Å². The number of hydrogen-bond donors (Lipinski definition) is 3. The molecular weight excluding hydrogens is 290 g/mol. The van der Waals surface area contributed by atoms with Gasteiger partial charge in [-0.3, -0.25) is 5.10 Å². The fraction of sp³-hybridized carbons (Fsp3) is 0.231. The number of aromatic nitrogens is 3. The van der Waals surface area contributed by atoms with Crippen LogP contribution in [0.4, 0.5) is 0 Å². The SMILES string of the molecule is Cc1ccc(S(=O)(=O)NCc2ncn[nH]2)c(C#CCN)c1. The maximum atomic E-state index is 12.4. The van der Waals surface area contributed by atoms with Gasteiger partial charge in [0, 0.05) is 5.56 Å². The minimum absolute atomic E-state index is 0.0277. The lowest BCUT2D eigenvalue weighted by atomic mass is 10.1. The predicted octanol–water partition coefficient (Wildman–Crippen LogP) is -0.0982. The van der Waals surface area contributed by atoms with Crippen molar-refractivity contribution in [1.82, 2.24) is 19.9 Å². The molecule has 7 nitrogen and oxygen atoms in total. The third-order valence-electron chi connectivity index (χ3n) is 2.64. The van der Waals surface area contributed by atoms with E-state index in [9.17, 15) is 8.42 Å². The molecule has 0 aliphatic rings. The molecule has 110 valence electrons. The summed E-state index contributed by atoms with van der Waals surface area (Å²) < 4.78 is 27.2. The summed E-state index contributed by atoms with van der Waals surface area (Å²) in [6, 6.07) is 4.96. The van der Waals surface area contributed by atoms with Gasteiger partial charge in [-0.1, -0.05) is 17.9 Å². The smallest absolute Gasteiger partial charge is 0.242 e. The number of H-pyrrole nitrogens is 1. The van der Waals surface area contributed by atoms with Crippen molar-refractivity contribution in [3.63, 3.8) is 0 Å². The molecule has 0 spiro atoms. The summed E-state index contributed by atoms with van der Waals surface area (Å²) in [4.78, 5) is 3.98. The zero-order valence-corrected chi connectivity index (χ0v) is 12.2. The van der Waals surface area contributed by atoms with E-state index < -0.39 is 10.0 Å². The number of aryl methyl sites for hydroxylation is 1. The Hall–Kier alpha value is -2.21. The zero-order valence-electron chi connectivity index (χ0n) is 11.4. The molecule has 21 heavy (non-hydrogen) atoms. The molecule has 2 aromatic rings. The fourth-order valence-electron chi connectivity index (χ4n) is 1.68. The van der Waals surface area contributed by atoms with Crippen LogP contribution in [0, 0.1) is 18.8 Å². The van der Waals surface area contributed by atoms with Crippen LogP contribution >= 0.6 is 0 Å². The van der Waals surface area contributed by atoms with Crippen LogP contribution < -0.4 is 10.5 Å². The Labute approximate surface area is 123 Å². The fourth-order valence-corrected chi connectivity index (χ4v) is 2.81. The summed E-state index contributed by atoms with van der Waals surface area (Å²) in [6.45, 7) is 2.06. The van der Waals surface area contributed by atoms with Crippen LogP contribution in [0.1, 0.15) is 17.0 Å². The number of sulfonamides is 1. The molecule has 1 aromatic carbocycles. The van der Waals surface area contributed by atoms with Gasteiger partial charge in [0.1, 0.15) is 12.2 Å². The number of nitrogens with zero attached hydrogens (tertiary/aromatic N) is 2. The van der Waals surface area contributed by atoms with Gasteiger partial charge in [-0.25, -0.2) is 18.1 Å². The molecule has 0 atom stereocenters. The first-order chi connectivity index (χ1) is 10.0. The highest BCUT2D eigenvalue weighted by Crippen LogP contribution is 2.16. The van der Waals surface area contributed by atoms with Crippen molar-refractivity contribution in [3.05, 3.63) is 41.5 Å². The number of benzene rings is 1. The first-order valence-electron chi connectivity index (χ1n) is 6.16. The standard InChI is InChI=1S/C13H15N5O2S/c1-10-4-5-12(11(7-10)3-2-6-14)21(19,20)17-8-13-15-9-16-18-13/h4-5,7,9,17H,6,8,14H2,1H3,(H,15,16,18). The second-order valence-corrected chi connectivity index (χ2v) is 6.00. The first kappa shape index (κ1) is 15.2. The summed E-state index contributed by atoms with van der Waals surface area (Å²) in [5.41, 5.74) is 6.68. The van der Waals surface area contributed by atoms with E-state index in [-0.39, 0.29) is 18.0 Å². The average molecular weight is 305 g/mol. The van der Waals surface area contributed by atoms with Crippen molar-refractivity contribution in [1.29, 1.82) is 0 Å². The number of hydrogen-bond acceptors (Lipinski definition) is 5. The predicted molar refractivity (Wildman–Crippen MR) is 77.5 cm³/mol. The van der Waals surface area contributed by atoms with Crippen LogP contribution in [-0.4, -0.2) is 30.1 Å². The Morgan fingerprint density at radius 1 is 1.43 bits per heavy atom. The molecule has 0 bridgehead atoms. The molecule has 1 aromatic heterocycles. The van der Waals surface area contributed by atoms with Gasteiger partial charge < -0.3 is 5.73 Å². The Morgan fingerprint density at radius 2 is 2.24 bits per heavy atom. The molecule has 8 heteroatoms. The van der Waals surface area contributed by atoms with Crippen LogP contribution in [0.2, 0.25) is 0 Å². The second-order valence-electron chi connectivity index (χ2n) is 4.26. The van der Waals surface area contributed by atoms with E-state index in [2.05, 4.69) is 31.7 Å². The summed E-state index contributed by atoms with van der Waals surface area (Å²) >= 11 is 0. The molecular formula is C13H15N5O2S. The van der Waals surface area contributed by atoms with E-state index in [0.717, 1.165) is 5.56 Å². The molecule has 0 fully saturated rings. The molecule has 0 saturated carbocycles. The lowest BCUT2D eigenvalue weighted by molar-refractivity contribution is 0.579. The van der Waals surface area contributed by atoms with Crippen molar-refractivity contribution < 1.29 is 8.42 Å². The highest BCUT2D eigenvalue weighted by atomic mass is 32.2. The van der Waals surface area contributed by atoms with Crippen molar-refractivity contribution in [2.45, 2.75) is 18.4 Å². The van der Waals surface area contributed by atoms with Crippen molar-refractivity contribution in [2.24, 2.45) is 5.73 Å². The monoisotopic (exact) mass is 305 g/mol. The highest BCUT2D eigenvalue weighted by molar-refractivity contribution is 7.89. The molecule has 0 amide bonds. The highest BCUT2D eigenvalue weighted by Gasteiger charge is 2.18. The molecule has 1 heterocycles. The van der Waals surface area contributed by atoms with Crippen LogP contribution in [0.3, 0.4) is 0 Å². The maximum absolute atomic E-state index is 12.4. The van der Waals surface area contributed by atoms with Gasteiger partial charge in [-0.2, -0.15) is 5.10 Å². The number of nitrogens with one attached hydrogen (secondary N) is 2. The van der Waals surface area contributed by atoms with E-state index in [0.29, 0.717) is 11.4 Å². The van der Waals surface area contributed by atoms with E-state index >= 15 is 0 Å². The van der Waals surface area contributed by atoms with Crippen LogP contribution in [0.15, 0.2) is 29.4 Å². The summed E-state index contributed by atoms with van der Waals surface area (Å²) in [5.74, 6) is 5.88. The lowest BCUT2D eigenvalue weighted by Gasteiger charge is -2.08. The summed E-state index contributed by atoms with van der Waals surface area (Å²) in [5, 5.41) is 6.24. The normalized spacial score (nSPS) is 11.0. The van der Waals surface area contributed by atoms with Crippen LogP contribution in [-0.2, 0) is 16.6 Å². The van der Waals surface area contributed by atoms with Gasteiger partial charge in [-0.05, 0) is 24.6 Å². The topological polar surface area (TPSA) is 114 Å². The number of rotatable bonds is 4. The Bertz CT molecular complexity index is 773. The molecule has 0 radical (unpaired) electrons. The summed E-state index contributed by atoms with van der Waals surface area (Å²) in [7, 11) is -3.70. The van der Waals surface area contributed by atoms with Gasteiger partial charge in [0.05, 0.1) is 18.0 Å². The quantitative estimate of drug-likeness (QED) is 0.683. The van der Waals surface area contributed by atoms with Crippen molar-refractivity contribution in [3.8, 4) is 11.8 Å². The molecule has 0 saturated heterocycles. The van der Waals surface area contributed by atoms with Gasteiger partial charge in [-0.15, -0.1) is 0 Å². The average Bonchev–Trinajstić information content (AvgIpc) is 2.96. The van der Waals surface area contributed by atoms with Gasteiger partial charge in [0.15, 0.2) is 0 Å². The number of nitrogens with two attached hydrogens (primary N) is 1. The van der Waals surface area contributed by atoms with Gasteiger partial charge in [0.25, 0.3) is 0 Å².